The number of thioether (sulfide) groups is 1. The van der Waals surface area contributed by atoms with Gasteiger partial charge in [0.05, 0.1) is 0 Å². The van der Waals surface area contributed by atoms with E-state index in [2.05, 4.69) is 11.6 Å². The third kappa shape index (κ3) is 4.34. The summed E-state index contributed by atoms with van der Waals surface area (Å²) in [6, 6.07) is 0.0504. The van der Waals surface area contributed by atoms with E-state index in [-0.39, 0.29) is 6.04 Å². The molecule has 1 fully saturated rings. The van der Waals surface area contributed by atoms with Gasteiger partial charge in [-0.2, -0.15) is 11.8 Å². The summed E-state index contributed by atoms with van der Waals surface area (Å²) in [7, 11) is 0. The highest BCUT2D eigenvalue weighted by Crippen LogP contribution is 2.27. The van der Waals surface area contributed by atoms with Gasteiger partial charge in [-0.15, -0.1) is 0 Å². The van der Waals surface area contributed by atoms with Crippen LogP contribution in [0.2, 0.25) is 0 Å². The van der Waals surface area contributed by atoms with E-state index in [1.165, 1.54) is 12.8 Å². The van der Waals surface area contributed by atoms with Crippen molar-refractivity contribution in [2.75, 3.05) is 6.26 Å². The molecule has 94 valence electrons. The van der Waals surface area contributed by atoms with Gasteiger partial charge in [0.25, 0.3) is 0 Å². The van der Waals surface area contributed by atoms with Gasteiger partial charge in [-0.25, -0.2) is 0 Å². The summed E-state index contributed by atoms with van der Waals surface area (Å²) in [5, 5.41) is 13.1. The molecule has 0 aromatic rings. The lowest BCUT2D eigenvalue weighted by Gasteiger charge is -2.30. The topological polar surface area (TPSA) is 49.3 Å². The summed E-state index contributed by atoms with van der Waals surface area (Å²) in [4.78, 5) is 11.0. The highest BCUT2D eigenvalue weighted by Gasteiger charge is 2.25. The Morgan fingerprint density at radius 1 is 1.56 bits per heavy atom. The fraction of sp³-hybridized carbons (Fsp3) is 0.917. The van der Waals surface area contributed by atoms with Crippen molar-refractivity contribution in [3.63, 3.8) is 0 Å². The van der Waals surface area contributed by atoms with Crippen molar-refractivity contribution in [3.8, 4) is 0 Å². The molecule has 3 atom stereocenters. The average Bonchev–Trinajstić information content (AvgIpc) is 2.28. The van der Waals surface area contributed by atoms with E-state index in [0.717, 1.165) is 25.7 Å². The van der Waals surface area contributed by atoms with Crippen LogP contribution in [0.4, 0.5) is 0 Å². The zero-order valence-electron chi connectivity index (χ0n) is 10.2. The molecule has 0 radical (unpaired) electrons. The van der Waals surface area contributed by atoms with Crippen LogP contribution in [0.25, 0.3) is 0 Å². The van der Waals surface area contributed by atoms with Crippen LogP contribution in [0, 0.1) is 0 Å². The number of aliphatic carboxylic acids is 1. The highest BCUT2D eigenvalue weighted by atomic mass is 32.2. The van der Waals surface area contributed by atoms with Gasteiger partial charge in [-0.1, -0.05) is 19.8 Å². The van der Waals surface area contributed by atoms with Crippen LogP contribution in [-0.2, 0) is 4.79 Å². The summed E-state index contributed by atoms with van der Waals surface area (Å²) < 4.78 is 0. The van der Waals surface area contributed by atoms with E-state index >= 15 is 0 Å². The van der Waals surface area contributed by atoms with Gasteiger partial charge in [0, 0.05) is 11.3 Å². The van der Waals surface area contributed by atoms with Crippen molar-refractivity contribution in [2.45, 2.75) is 62.8 Å². The van der Waals surface area contributed by atoms with Crippen LogP contribution in [0.5, 0.6) is 0 Å². The minimum absolute atomic E-state index is 0.351. The van der Waals surface area contributed by atoms with Crippen LogP contribution >= 0.6 is 11.8 Å². The first-order valence-electron chi connectivity index (χ1n) is 6.19. The first-order chi connectivity index (χ1) is 7.67. The Labute approximate surface area is 102 Å². The first kappa shape index (κ1) is 13.8. The van der Waals surface area contributed by atoms with Crippen LogP contribution < -0.4 is 5.32 Å². The number of carboxylic acid groups (broad SMARTS) is 1. The normalized spacial score (nSPS) is 27.6. The number of rotatable bonds is 6. The molecule has 0 aliphatic heterocycles. The fourth-order valence-corrected chi connectivity index (χ4v) is 3.19. The standard InChI is InChI=1S/C12H23NO2S/c1-3-5-11(12(14)15)13-9-6-4-7-10(8-9)16-2/h9-11,13H,3-8H2,1-2H3,(H,14,15). The molecule has 3 unspecified atom stereocenters. The molecule has 0 saturated heterocycles. The summed E-state index contributed by atoms with van der Waals surface area (Å²) in [5.74, 6) is -0.701. The maximum Gasteiger partial charge on any atom is 0.320 e. The average molecular weight is 245 g/mol. The number of hydrogen-bond donors (Lipinski definition) is 2. The van der Waals surface area contributed by atoms with Gasteiger partial charge >= 0.3 is 5.97 Å². The van der Waals surface area contributed by atoms with Crippen LogP contribution in [-0.4, -0.2) is 34.7 Å². The lowest BCUT2D eigenvalue weighted by atomic mass is 9.94. The molecule has 0 aromatic heterocycles. The number of carboxylic acids is 1. The molecule has 0 amide bonds. The Morgan fingerprint density at radius 2 is 2.31 bits per heavy atom. The van der Waals surface area contributed by atoms with Gasteiger partial charge in [0.15, 0.2) is 0 Å². The largest absolute Gasteiger partial charge is 0.480 e. The SMILES string of the molecule is CCCC(NC1CCCC(SC)C1)C(=O)O. The van der Waals surface area contributed by atoms with E-state index in [0.29, 0.717) is 11.3 Å². The smallest absolute Gasteiger partial charge is 0.320 e. The van der Waals surface area contributed by atoms with Crippen molar-refractivity contribution in [2.24, 2.45) is 0 Å². The molecule has 1 aliphatic carbocycles. The molecular weight excluding hydrogens is 222 g/mol. The van der Waals surface area contributed by atoms with Crippen molar-refractivity contribution in [1.29, 1.82) is 0 Å². The minimum Gasteiger partial charge on any atom is -0.480 e. The first-order valence-corrected chi connectivity index (χ1v) is 7.47. The zero-order valence-corrected chi connectivity index (χ0v) is 11.1. The van der Waals surface area contributed by atoms with E-state index < -0.39 is 5.97 Å². The number of hydrogen-bond acceptors (Lipinski definition) is 3. The molecular formula is C12H23NO2S. The highest BCUT2D eigenvalue weighted by molar-refractivity contribution is 7.99. The fourth-order valence-electron chi connectivity index (χ4n) is 2.36. The maximum atomic E-state index is 11.0. The zero-order chi connectivity index (χ0) is 12.0. The van der Waals surface area contributed by atoms with Crippen molar-refractivity contribution in [3.05, 3.63) is 0 Å². The second-order valence-electron chi connectivity index (χ2n) is 4.57. The third-order valence-corrected chi connectivity index (χ3v) is 4.37. The summed E-state index contributed by atoms with van der Waals surface area (Å²) in [6.45, 7) is 2.03. The van der Waals surface area contributed by atoms with Crippen molar-refractivity contribution >= 4 is 17.7 Å². The second-order valence-corrected chi connectivity index (χ2v) is 5.71. The van der Waals surface area contributed by atoms with Crippen LogP contribution in [0.1, 0.15) is 45.4 Å². The third-order valence-electron chi connectivity index (χ3n) is 3.27. The molecule has 0 bridgehead atoms. The maximum absolute atomic E-state index is 11.0. The van der Waals surface area contributed by atoms with Gasteiger partial charge in [-0.3, -0.25) is 4.79 Å². The monoisotopic (exact) mass is 245 g/mol. The van der Waals surface area contributed by atoms with Crippen LogP contribution in [0.3, 0.4) is 0 Å². The molecule has 16 heavy (non-hydrogen) atoms. The second kappa shape index (κ2) is 7.17. The molecule has 2 N–H and O–H groups in total. The van der Waals surface area contributed by atoms with Gasteiger partial charge in [0.2, 0.25) is 0 Å². The molecule has 1 rings (SSSR count). The summed E-state index contributed by atoms with van der Waals surface area (Å²) in [6.07, 6.45) is 8.55. The Hall–Kier alpha value is -0.220. The van der Waals surface area contributed by atoms with E-state index in [1.807, 2.05) is 18.7 Å². The predicted molar refractivity (Wildman–Crippen MR) is 69.0 cm³/mol. The number of nitrogens with one attached hydrogen (secondary N) is 1. The van der Waals surface area contributed by atoms with E-state index in [4.69, 9.17) is 5.11 Å². The summed E-state index contributed by atoms with van der Waals surface area (Å²) in [5.41, 5.74) is 0. The van der Waals surface area contributed by atoms with Gasteiger partial charge in [0.1, 0.15) is 6.04 Å². The summed E-state index contributed by atoms with van der Waals surface area (Å²) >= 11 is 1.91. The Balaban J connectivity index is 2.41. The molecule has 3 nitrogen and oxygen atoms in total. The van der Waals surface area contributed by atoms with Crippen molar-refractivity contribution < 1.29 is 9.90 Å². The molecule has 4 heteroatoms. The number of carbonyl (C=O) groups is 1. The van der Waals surface area contributed by atoms with E-state index in [9.17, 15) is 4.79 Å². The van der Waals surface area contributed by atoms with Gasteiger partial charge < -0.3 is 10.4 Å². The molecule has 0 spiro atoms. The Morgan fingerprint density at radius 3 is 2.88 bits per heavy atom. The molecule has 1 saturated carbocycles. The van der Waals surface area contributed by atoms with E-state index in [1.54, 1.807) is 0 Å². The minimum atomic E-state index is -0.701. The molecule has 1 aliphatic rings. The lowest BCUT2D eigenvalue weighted by Crippen LogP contribution is -2.45. The molecule has 0 aromatic carbocycles. The predicted octanol–water partition coefficient (Wildman–Crippen LogP) is 2.50. The Kier molecular flexibility index (Phi) is 6.21. The molecule has 0 heterocycles. The lowest BCUT2D eigenvalue weighted by molar-refractivity contribution is -0.140. The Bertz CT molecular complexity index is 223. The van der Waals surface area contributed by atoms with Crippen molar-refractivity contribution in [1.82, 2.24) is 5.32 Å². The quantitative estimate of drug-likeness (QED) is 0.755. The van der Waals surface area contributed by atoms with Gasteiger partial charge in [-0.05, 0) is 31.9 Å². The van der Waals surface area contributed by atoms with Crippen LogP contribution in [0.15, 0.2) is 0 Å².